The average molecular weight is 244 g/mol. The van der Waals surface area contributed by atoms with Crippen molar-refractivity contribution < 1.29 is 24.2 Å². The van der Waals surface area contributed by atoms with Gasteiger partial charge in [-0.2, -0.15) is 0 Å². The summed E-state index contributed by atoms with van der Waals surface area (Å²) in [6.45, 7) is 3.05. The van der Waals surface area contributed by atoms with E-state index in [2.05, 4.69) is 0 Å². The van der Waals surface area contributed by atoms with Gasteiger partial charge >= 0.3 is 11.9 Å². The van der Waals surface area contributed by atoms with E-state index in [0.717, 1.165) is 0 Å². The first-order valence-corrected chi connectivity index (χ1v) is 5.73. The second-order valence-electron chi connectivity index (χ2n) is 3.47. The van der Waals surface area contributed by atoms with Crippen LogP contribution in [0.25, 0.3) is 0 Å². The van der Waals surface area contributed by atoms with Gasteiger partial charge in [-0.15, -0.1) is 0 Å². The van der Waals surface area contributed by atoms with Gasteiger partial charge in [0.15, 0.2) is 0 Å². The van der Waals surface area contributed by atoms with Crippen molar-refractivity contribution in [3.63, 3.8) is 0 Å². The topological polar surface area (TPSA) is 72.8 Å². The zero-order chi connectivity index (χ0) is 12.9. The summed E-state index contributed by atoms with van der Waals surface area (Å²) >= 11 is 0. The maximum absolute atomic E-state index is 11.1. The number of allylic oxidation sites excluding steroid dienone is 1. The molecule has 0 heterocycles. The summed E-state index contributed by atoms with van der Waals surface area (Å²) in [6.07, 6.45) is 5.16. The summed E-state index contributed by atoms with van der Waals surface area (Å²) in [7, 11) is 0. The summed E-state index contributed by atoms with van der Waals surface area (Å²) in [5.41, 5.74) is 0. The lowest BCUT2D eigenvalue weighted by Gasteiger charge is -2.04. The number of ether oxygens (including phenoxy) is 2. The standard InChI is InChI=1S/C12H20O5/c1-2-3-8-16-9-10-17-12(15)7-5-4-6-11(13)14/h2-3H,4-10H2,1H3,(H,13,14). The largest absolute Gasteiger partial charge is 0.481 e. The highest BCUT2D eigenvalue weighted by Gasteiger charge is 2.03. The first kappa shape index (κ1) is 15.6. The molecular weight excluding hydrogens is 224 g/mol. The number of hydrogen-bond donors (Lipinski definition) is 1. The van der Waals surface area contributed by atoms with E-state index in [1.54, 1.807) is 0 Å². The fourth-order valence-corrected chi connectivity index (χ4v) is 1.08. The van der Waals surface area contributed by atoms with Gasteiger partial charge in [-0.1, -0.05) is 12.2 Å². The Hall–Kier alpha value is -1.36. The molecule has 17 heavy (non-hydrogen) atoms. The quantitative estimate of drug-likeness (QED) is 0.360. The predicted octanol–water partition coefficient (Wildman–Crippen LogP) is 1.77. The second-order valence-corrected chi connectivity index (χ2v) is 3.47. The SMILES string of the molecule is CC=CCOCCOC(=O)CCCCC(=O)O. The van der Waals surface area contributed by atoms with Gasteiger partial charge in [0.25, 0.3) is 0 Å². The van der Waals surface area contributed by atoms with Gasteiger partial charge in [0.05, 0.1) is 13.2 Å². The lowest BCUT2D eigenvalue weighted by molar-refractivity contribution is -0.145. The van der Waals surface area contributed by atoms with Crippen LogP contribution in [0, 0.1) is 0 Å². The maximum Gasteiger partial charge on any atom is 0.305 e. The van der Waals surface area contributed by atoms with Crippen molar-refractivity contribution in [2.45, 2.75) is 32.6 Å². The van der Waals surface area contributed by atoms with Crippen LogP contribution in [0.15, 0.2) is 12.2 Å². The number of carbonyl (C=O) groups excluding carboxylic acids is 1. The molecule has 0 saturated heterocycles. The van der Waals surface area contributed by atoms with Crippen molar-refractivity contribution in [3.8, 4) is 0 Å². The monoisotopic (exact) mass is 244 g/mol. The Labute approximate surface area is 101 Å². The van der Waals surface area contributed by atoms with E-state index in [1.165, 1.54) is 0 Å². The van der Waals surface area contributed by atoms with Crippen LogP contribution in [0.3, 0.4) is 0 Å². The van der Waals surface area contributed by atoms with Crippen molar-refractivity contribution in [1.29, 1.82) is 0 Å². The zero-order valence-corrected chi connectivity index (χ0v) is 10.2. The smallest absolute Gasteiger partial charge is 0.305 e. The third kappa shape index (κ3) is 12.6. The highest BCUT2D eigenvalue weighted by molar-refractivity contribution is 5.69. The van der Waals surface area contributed by atoms with E-state index in [4.69, 9.17) is 14.6 Å². The van der Waals surface area contributed by atoms with Crippen LogP contribution in [-0.4, -0.2) is 36.9 Å². The Morgan fingerprint density at radius 2 is 1.88 bits per heavy atom. The summed E-state index contributed by atoms with van der Waals surface area (Å²) in [6, 6.07) is 0. The van der Waals surface area contributed by atoms with E-state index in [1.807, 2.05) is 19.1 Å². The molecule has 0 amide bonds. The van der Waals surface area contributed by atoms with Crippen molar-refractivity contribution in [3.05, 3.63) is 12.2 Å². The fourth-order valence-electron chi connectivity index (χ4n) is 1.08. The van der Waals surface area contributed by atoms with Gasteiger partial charge < -0.3 is 14.6 Å². The molecule has 0 atom stereocenters. The molecule has 98 valence electrons. The number of carbonyl (C=O) groups is 2. The lowest BCUT2D eigenvalue weighted by Crippen LogP contribution is -2.10. The van der Waals surface area contributed by atoms with E-state index < -0.39 is 5.97 Å². The van der Waals surface area contributed by atoms with Crippen LogP contribution < -0.4 is 0 Å². The molecule has 0 bridgehead atoms. The first-order chi connectivity index (χ1) is 8.16. The van der Waals surface area contributed by atoms with Crippen molar-refractivity contribution in [1.82, 2.24) is 0 Å². The van der Waals surface area contributed by atoms with Gasteiger partial charge in [0.1, 0.15) is 6.61 Å². The van der Waals surface area contributed by atoms with E-state index in [0.29, 0.717) is 26.1 Å². The molecule has 0 aliphatic rings. The van der Waals surface area contributed by atoms with Crippen LogP contribution >= 0.6 is 0 Å². The van der Waals surface area contributed by atoms with E-state index >= 15 is 0 Å². The second kappa shape index (κ2) is 11.1. The maximum atomic E-state index is 11.1. The highest BCUT2D eigenvalue weighted by Crippen LogP contribution is 2.01. The number of unbranched alkanes of at least 4 members (excludes halogenated alkanes) is 1. The predicted molar refractivity (Wildman–Crippen MR) is 62.7 cm³/mol. The van der Waals surface area contributed by atoms with Crippen molar-refractivity contribution in [2.24, 2.45) is 0 Å². The van der Waals surface area contributed by atoms with E-state index in [-0.39, 0.29) is 25.4 Å². The molecule has 0 unspecified atom stereocenters. The highest BCUT2D eigenvalue weighted by atomic mass is 16.6. The number of esters is 1. The normalized spacial score (nSPS) is 10.6. The van der Waals surface area contributed by atoms with Gasteiger partial charge in [0.2, 0.25) is 0 Å². The van der Waals surface area contributed by atoms with Crippen molar-refractivity contribution in [2.75, 3.05) is 19.8 Å². The molecule has 0 rings (SSSR count). The molecular formula is C12H20O5. The number of aliphatic carboxylic acids is 1. The minimum atomic E-state index is -0.837. The lowest BCUT2D eigenvalue weighted by atomic mass is 10.2. The van der Waals surface area contributed by atoms with Crippen LogP contribution in [-0.2, 0) is 19.1 Å². The molecule has 0 spiro atoms. The Bertz CT molecular complexity index is 247. The number of rotatable bonds is 10. The number of carboxylic acid groups (broad SMARTS) is 1. The Kier molecular flexibility index (Phi) is 10.2. The summed E-state index contributed by atoms with van der Waals surface area (Å²) < 4.78 is 10.0. The Morgan fingerprint density at radius 1 is 1.18 bits per heavy atom. The summed E-state index contributed by atoms with van der Waals surface area (Å²) in [4.78, 5) is 21.3. The molecule has 0 aliphatic heterocycles. The summed E-state index contributed by atoms with van der Waals surface area (Å²) in [5.74, 6) is -1.14. The van der Waals surface area contributed by atoms with Crippen LogP contribution in [0.4, 0.5) is 0 Å². The summed E-state index contributed by atoms with van der Waals surface area (Å²) in [5, 5.41) is 8.38. The van der Waals surface area contributed by atoms with Gasteiger partial charge in [-0.25, -0.2) is 0 Å². The molecule has 5 heteroatoms. The Balaban J connectivity index is 3.26. The fraction of sp³-hybridized carbons (Fsp3) is 0.667. The van der Waals surface area contributed by atoms with Crippen LogP contribution in [0.5, 0.6) is 0 Å². The zero-order valence-electron chi connectivity index (χ0n) is 10.2. The molecule has 0 saturated carbocycles. The molecule has 0 radical (unpaired) electrons. The molecule has 0 fully saturated rings. The molecule has 1 N–H and O–H groups in total. The first-order valence-electron chi connectivity index (χ1n) is 5.73. The molecule has 0 aliphatic carbocycles. The number of hydrogen-bond acceptors (Lipinski definition) is 4. The third-order valence-electron chi connectivity index (χ3n) is 1.96. The molecule has 0 aromatic carbocycles. The van der Waals surface area contributed by atoms with E-state index in [9.17, 15) is 9.59 Å². The van der Waals surface area contributed by atoms with Crippen LogP contribution in [0.2, 0.25) is 0 Å². The minimum absolute atomic E-state index is 0.0970. The van der Waals surface area contributed by atoms with Gasteiger partial charge in [-0.3, -0.25) is 9.59 Å². The number of carboxylic acids is 1. The van der Waals surface area contributed by atoms with Crippen molar-refractivity contribution >= 4 is 11.9 Å². The average Bonchev–Trinajstić information content (AvgIpc) is 2.29. The van der Waals surface area contributed by atoms with Gasteiger partial charge in [0, 0.05) is 12.8 Å². The van der Waals surface area contributed by atoms with Gasteiger partial charge in [-0.05, 0) is 19.8 Å². The minimum Gasteiger partial charge on any atom is -0.481 e. The molecule has 5 nitrogen and oxygen atoms in total. The van der Waals surface area contributed by atoms with Crippen LogP contribution in [0.1, 0.15) is 32.6 Å². The third-order valence-corrected chi connectivity index (χ3v) is 1.96. The molecule has 0 aromatic heterocycles. The molecule has 0 aromatic rings. The Morgan fingerprint density at radius 3 is 2.53 bits per heavy atom.